The zero-order chi connectivity index (χ0) is 31.5. The lowest BCUT2D eigenvalue weighted by atomic mass is 9.97. The van der Waals surface area contributed by atoms with Gasteiger partial charge in [0, 0.05) is 5.39 Å². The van der Waals surface area contributed by atoms with E-state index in [1.54, 1.807) is 4.57 Å². The summed E-state index contributed by atoms with van der Waals surface area (Å²) in [6.07, 6.45) is 0. The summed E-state index contributed by atoms with van der Waals surface area (Å²) in [6.45, 7) is 0. The lowest BCUT2D eigenvalue weighted by Gasteiger charge is -2.18. The Balaban J connectivity index is 1.45. The summed E-state index contributed by atoms with van der Waals surface area (Å²) in [5.74, 6) is 0. The zero-order valence-corrected chi connectivity index (χ0v) is 25.1. The van der Waals surface area contributed by atoms with Crippen LogP contribution < -0.4 is 11.2 Å². The Morgan fingerprint density at radius 3 is 1.79 bits per heavy atom. The fourth-order valence-corrected chi connectivity index (χ4v) is 6.81. The fourth-order valence-electron chi connectivity index (χ4n) is 6.81. The third kappa shape index (κ3) is 4.25. The maximum atomic E-state index is 15.0. The van der Waals surface area contributed by atoms with Gasteiger partial charge in [-0.1, -0.05) is 115 Å². The van der Waals surface area contributed by atoms with Crippen molar-refractivity contribution in [2.75, 3.05) is 0 Å². The molecule has 0 aliphatic carbocycles. The van der Waals surface area contributed by atoms with Crippen molar-refractivity contribution in [2.45, 2.75) is 0 Å². The van der Waals surface area contributed by atoms with E-state index in [0.29, 0.717) is 33.4 Å². The Kier molecular flexibility index (Phi) is 6.05. The van der Waals surface area contributed by atoms with Gasteiger partial charge in [0.05, 0.1) is 27.7 Å². The quantitative estimate of drug-likeness (QED) is 0.188. The van der Waals surface area contributed by atoms with Crippen LogP contribution in [0.25, 0.3) is 77.2 Å². The van der Waals surface area contributed by atoms with E-state index in [9.17, 15) is 4.79 Å². The van der Waals surface area contributed by atoms with Crippen LogP contribution in [0.5, 0.6) is 0 Å². The number of nitrogens with zero attached hydrogens (tertiary/aromatic N) is 2. The van der Waals surface area contributed by atoms with Gasteiger partial charge < -0.3 is 4.42 Å². The standard InChI is InChI=1S/C42H26N2O3/c45-41-40-33-17-8-7-16-29(33)22-23-36(40)43(42(46)44(41)35-19-11-21-38-39(35)34-18-9-10-20-37(34)47-38)32-25-30(27-12-3-1-4-13-27)24-31(26-32)28-14-5-2-6-15-28/h1-26H. The van der Waals surface area contributed by atoms with Gasteiger partial charge in [-0.2, -0.15) is 0 Å². The molecule has 0 saturated carbocycles. The van der Waals surface area contributed by atoms with Crippen LogP contribution in [0.3, 0.4) is 0 Å². The van der Waals surface area contributed by atoms with E-state index in [-0.39, 0.29) is 5.56 Å². The van der Waals surface area contributed by atoms with Gasteiger partial charge in [0.25, 0.3) is 5.56 Å². The molecular formula is C42H26N2O3. The van der Waals surface area contributed by atoms with E-state index in [1.165, 1.54) is 4.57 Å². The first-order chi connectivity index (χ1) is 23.2. The molecule has 0 fully saturated rings. The van der Waals surface area contributed by atoms with Crippen LogP contribution in [0, 0.1) is 0 Å². The Labute approximate surface area is 268 Å². The number of furan rings is 1. The third-order valence-electron chi connectivity index (χ3n) is 8.96. The van der Waals surface area contributed by atoms with Gasteiger partial charge in [0.15, 0.2) is 0 Å². The van der Waals surface area contributed by atoms with Crippen molar-refractivity contribution in [3.63, 3.8) is 0 Å². The maximum absolute atomic E-state index is 15.0. The summed E-state index contributed by atoms with van der Waals surface area (Å²) in [5, 5.41) is 3.73. The van der Waals surface area contributed by atoms with E-state index >= 15 is 4.79 Å². The summed E-state index contributed by atoms with van der Waals surface area (Å²) < 4.78 is 9.17. The highest BCUT2D eigenvalue weighted by Gasteiger charge is 2.22. The van der Waals surface area contributed by atoms with Gasteiger partial charge in [-0.05, 0) is 75.5 Å². The fraction of sp³-hybridized carbons (Fsp3) is 0. The molecule has 5 heteroatoms. The van der Waals surface area contributed by atoms with Crippen molar-refractivity contribution >= 4 is 43.6 Å². The molecule has 9 rings (SSSR count). The minimum atomic E-state index is -0.459. The molecule has 7 aromatic carbocycles. The number of fused-ring (bicyclic) bond motifs is 6. The predicted molar refractivity (Wildman–Crippen MR) is 191 cm³/mol. The first-order valence-electron chi connectivity index (χ1n) is 15.5. The normalized spacial score (nSPS) is 11.6. The van der Waals surface area contributed by atoms with E-state index in [0.717, 1.165) is 43.8 Å². The molecular weight excluding hydrogens is 580 g/mol. The lowest BCUT2D eigenvalue weighted by Crippen LogP contribution is -2.38. The minimum absolute atomic E-state index is 0.377. The number of para-hydroxylation sites is 1. The number of benzene rings is 7. The molecule has 0 N–H and O–H groups in total. The Morgan fingerprint density at radius 1 is 0.447 bits per heavy atom. The highest BCUT2D eigenvalue weighted by Crippen LogP contribution is 2.34. The van der Waals surface area contributed by atoms with Gasteiger partial charge >= 0.3 is 5.69 Å². The average Bonchev–Trinajstić information content (AvgIpc) is 3.51. The smallest absolute Gasteiger partial charge is 0.340 e. The molecule has 0 radical (unpaired) electrons. The summed E-state index contributed by atoms with van der Waals surface area (Å²) in [4.78, 5) is 29.8. The number of aromatic nitrogens is 2. The van der Waals surface area contributed by atoms with Crippen molar-refractivity contribution in [3.8, 4) is 33.6 Å². The lowest BCUT2D eigenvalue weighted by molar-refractivity contribution is 0.668. The molecule has 2 aromatic heterocycles. The average molecular weight is 607 g/mol. The molecule has 0 aliphatic heterocycles. The van der Waals surface area contributed by atoms with Gasteiger partial charge in [0.1, 0.15) is 11.2 Å². The van der Waals surface area contributed by atoms with Crippen LogP contribution >= 0.6 is 0 Å². The SMILES string of the molecule is O=c1c2c3ccccc3ccc2n(-c2cc(-c3ccccc3)cc(-c3ccccc3)c2)c(=O)n1-c1cccc2oc3ccccc3c12. The van der Waals surface area contributed by atoms with E-state index in [4.69, 9.17) is 4.42 Å². The molecule has 0 spiro atoms. The first-order valence-corrected chi connectivity index (χ1v) is 15.5. The molecule has 2 heterocycles. The largest absolute Gasteiger partial charge is 0.456 e. The van der Waals surface area contributed by atoms with E-state index in [2.05, 4.69) is 30.3 Å². The van der Waals surface area contributed by atoms with Crippen molar-refractivity contribution in [1.82, 2.24) is 9.13 Å². The van der Waals surface area contributed by atoms with Gasteiger partial charge in [0.2, 0.25) is 0 Å². The molecule has 0 atom stereocenters. The van der Waals surface area contributed by atoms with Crippen LogP contribution in [-0.4, -0.2) is 9.13 Å². The molecule has 222 valence electrons. The van der Waals surface area contributed by atoms with Gasteiger partial charge in [-0.3, -0.25) is 9.36 Å². The van der Waals surface area contributed by atoms with Crippen LogP contribution in [0.2, 0.25) is 0 Å². The van der Waals surface area contributed by atoms with Crippen molar-refractivity contribution < 1.29 is 4.42 Å². The van der Waals surface area contributed by atoms with E-state index in [1.807, 2.05) is 127 Å². The predicted octanol–water partition coefficient (Wildman–Crippen LogP) is 9.53. The molecule has 0 saturated heterocycles. The molecule has 0 unspecified atom stereocenters. The van der Waals surface area contributed by atoms with Crippen LogP contribution in [0.15, 0.2) is 172 Å². The number of hydrogen-bond donors (Lipinski definition) is 0. The Morgan fingerprint density at radius 2 is 1.06 bits per heavy atom. The topological polar surface area (TPSA) is 57.1 Å². The van der Waals surface area contributed by atoms with Crippen molar-refractivity contribution in [3.05, 3.63) is 179 Å². The molecule has 0 bridgehead atoms. The summed E-state index contributed by atoms with van der Waals surface area (Å²) in [5.41, 5.74) is 6.12. The Bertz CT molecular complexity index is 2720. The van der Waals surface area contributed by atoms with Gasteiger partial charge in [-0.25, -0.2) is 9.36 Å². The van der Waals surface area contributed by atoms with Crippen molar-refractivity contribution in [2.24, 2.45) is 0 Å². The monoisotopic (exact) mass is 606 g/mol. The molecule has 0 amide bonds. The summed E-state index contributed by atoms with van der Waals surface area (Å²) in [6, 6.07) is 51.4. The number of hydrogen-bond acceptors (Lipinski definition) is 3. The molecule has 0 aliphatic rings. The second kappa shape index (κ2) is 10.6. The number of rotatable bonds is 4. The summed E-state index contributed by atoms with van der Waals surface area (Å²) in [7, 11) is 0. The van der Waals surface area contributed by atoms with Gasteiger partial charge in [-0.15, -0.1) is 0 Å². The van der Waals surface area contributed by atoms with E-state index < -0.39 is 5.69 Å². The Hall–Kier alpha value is -6.46. The second-order valence-corrected chi connectivity index (χ2v) is 11.7. The molecule has 5 nitrogen and oxygen atoms in total. The van der Waals surface area contributed by atoms with Crippen LogP contribution in [-0.2, 0) is 0 Å². The maximum Gasteiger partial charge on any atom is 0.340 e. The van der Waals surface area contributed by atoms with Crippen molar-refractivity contribution in [1.29, 1.82) is 0 Å². The molecule has 47 heavy (non-hydrogen) atoms. The molecule has 9 aromatic rings. The summed E-state index contributed by atoms with van der Waals surface area (Å²) >= 11 is 0. The zero-order valence-electron chi connectivity index (χ0n) is 25.1. The first kappa shape index (κ1) is 26.9. The highest BCUT2D eigenvalue weighted by atomic mass is 16.3. The third-order valence-corrected chi connectivity index (χ3v) is 8.96. The van der Waals surface area contributed by atoms with Crippen LogP contribution in [0.4, 0.5) is 0 Å². The second-order valence-electron chi connectivity index (χ2n) is 11.7. The highest BCUT2D eigenvalue weighted by molar-refractivity contribution is 6.10. The van der Waals surface area contributed by atoms with Crippen LogP contribution in [0.1, 0.15) is 0 Å². The minimum Gasteiger partial charge on any atom is -0.456 e.